The highest BCUT2D eigenvalue weighted by molar-refractivity contribution is 9.10. The molecule has 1 saturated heterocycles. The molecule has 4 heteroatoms. The third kappa shape index (κ3) is 0.780. The number of rotatable bonds is 0. The second-order valence-electron chi connectivity index (χ2n) is 2.64. The van der Waals surface area contributed by atoms with Gasteiger partial charge in [0.2, 0.25) is 5.91 Å². The lowest BCUT2D eigenvalue weighted by molar-refractivity contribution is -0.123. The maximum absolute atomic E-state index is 11.1. The molecule has 0 aromatic heterocycles. The van der Waals surface area contributed by atoms with E-state index in [1.807, 2.05) is 0 Å². The first-order valence-electron chi connectivity index (χ1n) is 3.71. The average Bonchev–Trinajstić information content (AvgIpc) is 2.31. The van der Waals surface area contributed by atoms with Gasteiger partial charge in [0.25, 0.3) is 0 Å². The minimum atomic E-state index is -0.293. The molecule has 1 N–H and O–H groups in total. The van der Waals surface area contributed by atoms with Gasteiger partial charge >= 0.3 is 0 Å². The summed E-state index contributed by atoms with van der Waals surface area (Å²) in [6.07, 6.45) is -0.293. The van der Waals surface area contributed by atoms with E-state index in [9.17, 15) is 4.79 Å². The summed E-state index contributed by atoms with van der Waals surface area (Å²) in [5, 5.41) is 2.83. The van der Waals surface area contributed by atoms with E-state index < -0.39 is 0 Å². The SMILES string of the molecule is [3H]C1[C@H](Br)[C@H]2NC(=O)[C@@H]1[C@@H]2Br. The van der Waals surface area contributed by atoms with Crippen molar-refractivity contribution in [2.75, 3.05) is 0 Å². The Morgan fingerprint density at radius 2 is 2.40 bits per heavy atom. The van der Waals surface area contributed by atoms with Crippen molar-refractivity contribution in [1.82, 2.24) is 5.32 Å². The number of amides is 1. The summed E-state index contributed by atoms with van der Waals surface area (Å²) in [5.74, 6) is -0.142. The van der Waals surface area contributed by atoms with Crippen LogP contribution in [0.25, 0.3) is 0 Å². The summed E-state index contributed by atoms with van der Waals surface area (Å²) in [6.45, 7) is 0. The first kappa shape index (κ1) is 6.00. The molecule has 56 valence electrons. The summed E-state index contributed by atoms with van der Waals surface area (Å²) < 4.78 is 7.65. The molecule has 0 radical (unpaired) electrons. The molecule has 1 aliphatic heterocycles. The molecule has 0 spiro atoms. The van der Waals surface area contributed by atoms with Gasteiger partial charge in [0.1, 0.15) is 0 Å². The summed E-state index contributed by atoms with van der Waals surface area (Å²) >= 11 is 6.82. The van der Waals surface area contributed by atoms with E-state index >= 15 is 0 Å². The van der Waals surface area contributed by atoms with Gasteiger partial charge in [0.05, 0.1) is 12.0 Å². The van der Waals surface area contributed by atoms with Gasteiger partial charge in [0.15, 0.2) is 0 Å². The highest BCUT2D eigenvalue weighted by Crippen LogP contribution is 2.40. The lowest BCUT2D eigenvalue weighted by Gasteiger charge is -2.15. The number of alkyl halides is 2. The van der Waals surface area contributed by atoms with E-state index in [1.54, 1.807) is 0 Å². The molecular formula is C6H7Br2NO. The summed E-state index contributed by atoms with van der Waals surface area (Å²) in [7, 11) is 0. The molecule has 2 aliphatic rings. The van der Waals surface area contributed by atoms with Crippen LogP contribution in [0.4, 0.5) is 0 Å². The van der Waals surface area contributed by atoms with Crippen molar-refractivity contribution in [2.24, 2.45) is 5.92 Å². The fourth-order valence-corrected chi connectivity index (χ4v) is 3.55. The Bertz CT molecular complexity index is 209. The van der Waals surface area contributed by atoms with Crippen LogP contribution in [0.15, 0.2) is 0 Å². The van der Waals surface area contributed by atoms with Gasteiger partial charge in [-0.1, -0.05) is 31.9 Å². The molecule has 1 heterocycles. The molecule has 0 aromatic carbocycles. The maximum atomic E-state index is 11.1. The van der Waals surface area contributed by atoms with E-state index in [1.165, 1.54) is 0 Å². The highest BCUT2D eigenvalue weighted by atomic mass is 79.9. The second-order valence-corrected chi connectivity index (χ2v) is 4.76. The topological polar surface area (TPSA) is 29.1 Å². The first-order valence-corrected chi connectivity index (χ1v) is 4.97. The van der Waals surface area contributed by atoms with Crippen LogP contribution in [0, 0.1) is 5.92 Å². The number of fused-ring (bicyclic) bond motifs is 2. The molecule has 5 atom stereocenters. The smallest absolute Gasteiger partial charge is 0.224 e. The van der Waals surface area contributed by atoms with E-state index in [0.29, 0.717) is 0 Å². The number of carbonyl (C=O) groups is 1. The third-order valence-corrected chi connectivity index (χ3v) is 4.05. The van der Waals surface area contributed by atoms with E-state index in [0.717, 1.165) is 0 Å². The highest BCUT2D eigenvalue weighted by Gasteiger charge is 2.50. The molecule has 2 rings (SSSR count). The van der Waals surface area contributed by atoms with Crippen LogP contribution in [-0.4, -0.2) is 21.6 Å². The van der Waals surface area contributed by atoms with Gasteiger partial charge in [-0.15, -0.1) is 0 Å². The van der Waals surface area contributed by atoms with Crippen LogP contribution in [0.5, 0.6) is 0 Å². The average molecular weight is 271 g/mol. The largest absolute Gasteiger partial charge is 0.351 e. The molecule has 10 heavy (non-hydrogen) atoms. The number of hydrogen-bond acceptors (Lipinski definition) is 1. The third-order valence-electron chi connectivity index (χ3n) is 2.03. The van der Waals surface area contributed by atoms with Crippen molar-refractivity contribution in [3.05, 3.63) is 0 Å². The van der Waals surface area contributed by atoms with Crippen molar-refractivity contribution >= 4 is 37.8 Å². The zero-order chi connectivity index (χ0) is 8.17. The molecule has 2 fully saturated rings. The van der Waals surface area contributed by atoms with Crippen LogP contribution in [0.2, 0.25) is 0 Å². The van der Waals surface area contributed by atoms with Crippen LogP contribution in [-0.2, 0) is 4.79 Å². The Morgan fingerprint density at radius 3 is 2.80 bits per heavy atom. The minimum absolute atomic E-state index is 0.0209. The number of nitrogens with one attached hydrogen (secondary N) is 1. The zero-order valence-corrected chi connectivity index (χ0v) is 8.22. The van der Waals surface area contributed by atoms with Crippen LogP contribution >= 0.6 is 31.9 Å². The summed E-state index contributed by atoms with van der Waals surface area (Å²) in [4.78, 5) is 11.4. The van der Waals surface area contributed by atoms with Crippen LogP contribution in [0.3, 0.4) is 0 Å². The number of hydrogen-bond donors (Lipinski definition) is 1. The van der Waals surface area contributed by atoms with E-state index in [-0.39, 0.29) is 33.9 Å². The predicted octanol–water partition coefficient (Wildman–Crippen LogP) is 1.03. The lowest BCUT2D eigenvalue weighted by atomic mass is 10.1. The molecule has 1 unspecified atom stereocenters. The Labute approximate surface area is 77.4 Å². The summed E-state index contributed by atoms with van der Waals surface area (Å²) in [5.41, 5.74) is 0. The molecule has 0 aromatic rings. The Balaban J connectivity index is 2.30. The van der Waals surface area contributed by atoms with Crippen molar-refractivity contribution in [1.29, 1.82) is 0 Å². The molecular weight excluding hydrogens is 262 g/mol. The van der Waals surface area contributed by atoms with Gasteiger partial charge in [0, 0.05) is 11.0 Å². The number of piperidine rings is 1. The van der Waals surface area contributed by atoms with Gasteiger partial charge in [-0.2, -0.15) is 0 Å². The van der Waals surface area contributed by atoms with Gasteiger partial charge in [-0.05, 0) is 6.40 Å². The van der Waals surface area contributed by atoms with Crippen molar-refractivity contribution < 1.29 is 6.17 Å². The van der Waals surface area contributed by atoms with Crippen molar-refractivity contribution in [2.45, 2.75) is 22.1 Å². The monoisotopic (exact) mass is 269 g/mol. The molecule has 1 saturated carbocycles. The Kier molecular flexibility index (Phi) is 1.32. The van der Waals surface area contributed by atoms with Crippen molar-refractivity contribution in [3.8, 4) is 0 Å². The fraction of sp³-hybridized carbons (Fsp3) is 0.833. The zero-order valence-electron chi connectivity index (χ0n) is 6.05. The normalized spacial score (nSPS) is 60.4. The van der Waals surface area contributed by atoms with Gasteiger partial charge < -0.3 is 5.32 Å². The standard InChI is InChI=1S/C6H7Br2NO/c7-3-1-2-4(8)5(3)9-6(2)10/h2-5H,1H2,(H,9,10)/t2-,3-,4-,5+/m0/s1/i1T/t1?,2-,3-,4-,5+. The molecule has 1 aliphatic carbocycles. The van der Waals surface area contributed by atoms with Gasteiger partial charge in [-0.3, -0.25) is 4.79 Å². The van der Waals surface area contributed by atoms with Crippen LogP contribution < -0.4 is 5.32 Å². The Morgan fingerprint density at radius 1 is 1.70 bits per heavy atom. The second kappa shape index (κ2) is 2.21. The minimum Gasteiger partial charge on any atom is -0.351 e. The van der Waals surface area contributed by atoms with Crippen LogP contribution in [0.1, 0.15) is 7.77 Å². The quantitative estimate of drug-likeness (QED) is 0.655. The summed E-state index contributed by atoms with van der Waals surface area (Å²) in [6, 6.07) is 0.106. The molecule has 2 nitrogen and oxygen atoms in total. The predicted molar refractivity (Wildman–Crippen MR) is 45.5 cm³/mol. The van der Waals surface area contributed by atoms with Crippen molar-refractivity contribution in [3.63, 3.8) is 0 Å². The fourth-order valence-electron chi connectivity index (χ4n) is 1.47. The van der Waals surface area contributed by atoms with Gasteiger partial charge in [-0.25, -0.2) is 0 Å². The molecule has 2 bridgehead atoms. The van der Waals surface area contributed by atoms with E-state index in [2.05, 4.69) is 37.2 Å². The lowest BCUT2D eigenvalue weighted by Crippen LogP contribution is -2.38. The molecule has 1 amide bonds. The number of carbonyl (C=O) groups excluding carboxylic acids is 1. The number of halogens is 2. The van der Waals surface area contributed by atoms with E-state index in [4.69, 9.17) is 1.37 Å². The first-order chi connectivity index (χ1) is 5.13. The maximum Gasteiger partial charge on any atom is 0.224 e. The Hall–Kier alpha value is 0.430.